The number of carboxylic acid groups (broad SMARTS) is 1. The molecule has 2 rings (SSSR count). The highest BCUT2D eigenvalue weighted by molar-refractivity contribution is 5.72. The van der Waals surface area contributed by atoms with Crippen LogP contribution < -0.4 is 0 Å². The summed E-state index contributed by atoms with van der Waals surface area (Å²) in [7, 11) is 0. The van der Waals surface area contributed by atoms with Crippen molar-refractivity contribution in [3.63, 3.8) is 0 Å². The number of aliphatic carboxylic acids is 1. The number of hydrogen-bond donors (Lipinski definition) is 1. The van der Waals surface area contributed by atoms with Crippen LogP contribution >= 0.6 is 0 Å². The number of carboxylic acids is 1. The van der Waals surface area contributed by atoms with Gasteiger partial charge >= 0.3 is 5.97 Å². The van der Waals surface area contributed by atoms with Crippen molar-refractivity contribution >= 4 is 12.0 Å². The molecule has 0 aliphatic rings. The lowest BCUT2D eigenvalue weighted by atomic mass is 10.2. The summed E-state index contributed by atoms with van der Waals surface area (Å²) in [6, 6.07) is 5.78. The molecule has 1 heterocycles. The van der Waals surface area contributed by atoms with Crippen molar-refractivity contribution in [3.8, 4) is 5.69 Å². The number of rotatable bonds is 4. The topological polar surface area (TPSA) is 55.1 Å². The Hall–Kier alpha value is -2.43. The van der Waals surface area contributed by atoms with Gasteiger partial charge in [0.05, 0.1) is 24.0 Å². The summed E-state index contributed by atoms with van der Waals surface area (Å²) in [4.78, 5) is 10.7. The lowest BCUT2D eigenvalue weighted by Crippen LogP contribution is -2.03. The largest absolute Gasteiger partial charge is 0.481 e. The molecule has 18 heavy (non-hydrogen) atoms. The van der Waals surface area contributed by atoms with Crippen LogP contribution in [0.3, 0.4) is 0 Å². The van der Waals surface area contributed by atoms with Crippen LogP contribution in [0.15, 0.2) is 37.0 Å². The quantitative estimate of drug-likeness (QED) is 0.900. The van der Waals surface area contributed by atoms with Crippen molar-refractivity contribution in [3.05, 3.63) is 54.1 Å². The van der Waals surface area contributed by atoms with Crippen LogP contribution in [0.1, 0.15) is 11.3 Å². The fraction of sp³-hybridized carbons (Fsp3) is 0.0769. The normalized spacial score (nSPS) is 10.3. The third-order valence-corrected chi connectivity index (χ3v) is 2.49. The van der Waals surface area contributed by atoms with Crippen molar-refractivity contribution in [1.29, 1.82) is 0 Å². The van der Waals surface area contributed by atoms with Crippen molar-refractivity contribution in [2.45, 2.75) is 6.42 Å². The molecule has 0 atom stereocenters. The zero-order valence-electron chi connectivity index (χ0n) is 9.51. The van der Waals surface area contributed by atoms with E-state index in [1.165, 1.54) is 29.1 Å². The number of benzene rings is 1. The monoisotopic (exact) mass is 246 g/mol. The first-order valence-electron chi connectivity index (χ1n) is 5.29. The predicted octanol–water partition coefficient (Wildman–Crippen LogP) is 2.28. The van der Waals surface area contributed by atoms with E-state index < -0.39 is 5.97 Å². The van der Waals surface area contributed by atoms with E-state index in [1.807, 2.05) is 0 Å². The van der Waals surface area contributed by atoms with E-state index in [0.717, 1.165) is 0 Å². The summed E-state index contributed by atoms with van der Waals surface area (Å²) in [5, 5.41) is 12.9. The molecule has 0 aliphatic carbocycles. The van der Waals surface area contributed by atoms with E-state index in [1.54, 1.807) is 12.1 Å². The maximum Gasteiger partial charge on any atom is 0.307 e. The molecule has 1 N–H and O–H groups in total. The van der Waals surface area contributed by atoms with Crippen LogP contribution in [0.2, 0.25) is 0 Å². The van der Waals surface area contributed by atoms with E-state index in [2.05, 4.69) is 11.7 Å². The molecular weight excluding hydrogens is 235 g/mol. The summed E-state index contributed by atoms with van der Waals surface area (Å²) in [5.41, 5.74) is 1.83. The Labute approximate surface area is 103 Å². The molecule has 0 saturated heterocycles. The van der Waals surface area contributed by atoms with Gasteiger partial charge in [0.2, 0.25) is 0 Å². The molecule has 1 aromatic carbocycles. The summed E-state index contributed by atoms with van der Waals surface area (Å²) in [6.07, 6.45) is 2.89. The molecule has 92 valence electrons. The van der Waals surface area contributed by atoms with Gasteiger partial charge in [0.15, 0.2) is 0 Å². The molecule has 0 aliphatic heterocycles. The van der Waals surface area contributed by atoms with Gasteiger partial charge < -0.3 is 5.11 Å². The summed E-state index contributed by atoms with van der Waals surface area (Å²) in [6.45, 7) is 3.65. The minimum Gasteiger partial charge on any atom is -0.481 e. The van der Waals surface area contributed by atoms with Gasteiger partial charge in [0.25, 0.3) is 0 Å². The number of hydrogen-bond acceptors (Lipinski definition) is 2. The molecule has 0 unspecified atom stereocenters. The van der Waals surface area contributed by atoms with E-state index in [4.69, 9.17) is 5.11 Å². The van der Waals surface area contributed by atoms with Crippen LogP contribution in [-0.4, -0.2) is 20.9 Å². The highest BCUT2D eigenvalue weighted by Gasteiger charge is 2.12. The summed E-state index contributed by atoms with van der Waals surface area (Å²) >= 11 is 0. The second-order valence-corrected chi connectivity index (χ2v) is 3.72. The van der Waals surface area contributed by atoms with E-state index in [9.17, 15) is 9.18 Å². The maximum atomic E-state index is 12.8. The van der Waals surface area contributed by atoms with Crippen LogP contribution in [0.4, 0.5) is 4.39 Å². The number of halogens is 1. The van der Waals surface area contributed by atoms with Gasteiger partial charge in [-0.05, 0) is 30.3 Å². The fourth-order valence-electron chi connectivity index (χ4n) is 1.70. The Balaban J connectivity index is 2.45. The lowest BCUT2D eigenvalue weighted by molar-refractivity contribution is -0.136. The highest BCUT2D eigenvalue weighted by Crippen LogP contribution is 2.17. The van der Waals surface area contributed by atoms with Crippen molar-refractivity contribution in [2.75, 3.05) is 0 Å². The first kappa shape index (κ1) is 12.0. The van der Waals surface area contributed by atoms with Gasteiger partial charge in [-0.1, -0.05) is 6.58 Å². The zero-order chi connectivity index (χ0) is 13.1. The van der Waals surface area contributed by atoms with Gasteiger partial charge in [-0.15, -0.1) is 0 Å². The first-order valence-corrected chi connectivity index (χ1v) is 5.29. The Morgan fingerprint density at radius 3 is 2.67 bits per heavy atom. The smallest absolute Gasteiger partial charge is 0.307 e. The average Bonchev–Trinajstić information content (AvgIpc) is 2.72. The SMILES string of the molecule is C=Cc1c(CC(=O)O)cnn1-c1ccc(F)cc1. The van der Waals surface area contributed by atoms with Gasteiger partial charge in [0, 0.05) is 5.56 Å². The van der Waals surface area contributed by atoms with Gasteiger partial charge in [-0.25, -0.2) is 9.07 Å². The molecule has 2 aromatic rings. The molecule has 4 nitrogen and oxygen atoms in total. The average molecular weight is 246 g/mol. The Morgan fingerprint density at radius 1 is 1.44 bits per heavy atom. The third kappa shape index (κ3) is 2.29. The third-order valence-electron chi connectivity index (χ3n) is 2.49. The van der Waals surface area contributed by atoms with E-state index in [-0.39, 0.29) is 12.2 Å². The van der Waals surface area contributed by atoms with Gasteiger partial charge in [0.1, 0.15) is 5.82 Å². The van der Waals surface area contributed by atoms with E-state index >= 15 is 0 Å². The molecule has 1 aromatic heterocycles. The molecule has 5 heteroatoms. The fourth-order valence-corrected chi connectivity index (χ4v) is 1.70. The minimum absolute atomic E-state index is 0.122. The Kier molecular flexibility index (Phi) is 3.23. The van der Waals surface area contributed by atoms with Crippen LogP contribution in [-0.2, 0) is 11.2 Å². The summed E-state index contributed by atoms with van der Waals surface area (Å²) in [5.74, 6) is -1.27. The zero-order valence-corrected chi connectivity index (χ0v) is 9.51. The van der Waals surface area contributed by atoms with E-state index in [0.29, 0.717) is 16.9 Å². The molecule has 0 spiro atoms. The maximum absolute atomic E-state index is 12.8. The van der Waals surface area contributed by atoms with Crippen LogP contribution in [0.25, 0.3) is 11.8 Å². The predicted molar refractivity (Wildman–Crippen MR) is 65.0 cm³/mol. The Bertz CT molecular complexity index is 588. The standard InChI is InChI=1S/C13H11FN2O2/c1-2-12-9(7-13(17)18)8-15-16(12)11-5-3-10(14)4-6-11/h2-6,8H,1,7H2,(H,17,18). The van der Waals surface area contributed by atoms with Crippen molar-refractivity contribution in [2.24, 2.45) is 0 Å². The molecule has 0 bridgehead atoms. The first-order chi connectivity index (χ1) is 8.61. The molecule has 0 saturated carbocycles. The van der Waals surface area contributed by atoms with Crippen molar-refractivity contribution in [1.82, 2.24) is 9.78 Å². The molecular formula is C13H11FN2O2. The minimum atomic E-state index is -0.934. The van der Waals surface area contributed by atoms with Crippen LogP contribution in [0.5, 0.6) is 0 Å². The Morgan fingerprint density at radius 2 is 2.11 bits per heavy atom. The summed E-state index contributed by atoms with van der Waals surface area (Å²) < 4.78 is 14.4. The highest BCUT2D eigenvalue weighted by atomic mass is 19.1. The van der Waals surface area contributed by atoms with Gasteiger partial charge in [-0.2, -0.15) is 5.10 Å². The van der Waals surface area contributed by atoms with Crippen LogP contribution in [0, 0.1) is 5.82 Å². The number of nitrogens with zero attached hydrogens (tertiary/aromatic N) is 2. The second-order valence-electron chi connectivity index (χ2n) is 3.72. The lowest BCUT2D eigenvalue weighted by Gasteiger charge is -2.05. The molecule has 0 amide bonds. The number of aromatic nitrogens is 2. The molecule has 0 fully saturated rings. The van der Waals surface area contributed by atoms with Crippen molar-refractivity contribution < 1.29 is 14.3 Å². The molecule has 0 radical (unpaired) electrons. The second kappa shape index (κ2) is 4.83. The van der Waals surface area contributed by atoms with Gasteiger partial charge in [-0.3, -0.25) is 4.79 Å². The number of carbonyl (C=O) groups is 1.